The topological polar surface area (TPSA) is 65.8 Å². The van der Waals surface area contributed by atoms with E-state index in [1.807, 2.05) is 48.9 Å². The average Bonchev–Trinajstić information content (AvgIpc) is 3.03. The van der Waals surface area contributed by atoms with Crippen molar-refractivity contribution in [1.82, 2.24) is 14.3 Å². The quantitative estimate of drug-likeness (QED) is 0.666. The van der Waals surface area contributed by atoms with Crippen molar-refractivity contribution in [2.24, 2.45) is 7.05 Å². The molecule has 3 rings (SSSR count). The summed E-state index contributed by atoms with van der Waals surface area (Å²) < 4.78 is 4.34. The van der Waals surface area contributed by atoms with Gasteiger partial charge in [-0.3, -0.25) is 4.79 Å². The first kappa shape index (κ1) is 14.8. The third kappa shape index (κ3) is 2.54. The first-order valence-corrected chi connectivity index (χ1v) is 7.84. The predicted octanol–water partition coefficient (Wildman–Crippen LogP) is 3.07. The summed E-state index contributed by atoms with van der Waals surface area (Å²) in [6.07, 6.45) is 0. The van der Waals surface area contributed by atoms with Gasteiger partial charge in [-0.15, -0.1) is 5.10 Å². The zero-order valence-electron chi connectivity index (χ0n) is 12.2. The largest absolute Gasteiger partial charge is 0.382 e. The lowest BCUT2D eigenvalue weighted by Gasteiger charge is -2.08. The van der Waals surface area contributed by atoms with Crippen LogP contribution in [0.5, 0.6) is 0 Å². The third-order valence-electron chi connectivity index (χ3n) is 3.65. The monoisotopic (exact) mass is 406 g/mol. The zero-order valence-corrected chi connectivity index (χ0v) is 14.4. The molecule has 0 radical (unpaired) electrons. The number of anilines is 1. The molecule has 0 aliphatic heterocycles. The summed E-state index contributed by atoms with van der Waals surface area (Å²) in [5.74, 6) is 0.133. The summed E-state index contributed by atoms with van der Waals surface area (Å²) in [7, 11) is 1.86. The van der Waals surface area contributed by atoms with Crippen LogP contribution < -0.4 is 5.73 Å². The Balaban J connectivity index is 2.10. The maximum atomic E-state index is 12.8. The Bertz CT molecular complexity index is 846. The average molecular weight is 406 g/mol. The first-order chi connectivity index (χ1) is 10.5. The maximum absolute atomic E-state index is 12.8. The maximum Gasteiger partial charge on any atom is 0.295 e. The Labute approximate surface area is 141 Å². The van der Waals surface area contributed by atoms with Gasteiger partial charge in [-0.1, -0.05) is 12.1 Å². The minimum atomic E-state index is -0.194. The van der Waals surface area contributed by atoms with Crippen LogP contribution >= 0.6 is 22.6 Å². The molecule has 0 spiro atoms. The fourth-order valence-corrected chi connectivity index (χ4v) is 2.68. The number of aryl methyl sites for hydroxylation is 1. The van der Waals surface area contributed by atoms with Crippen molar-refractivity contribution in [1.29, 1.82) is 0 Å². The summed E-state index contributed by atoms with van der Waals surface area (Å²) in [5.41, 5.74) is 9.00. The van der Waals surface area contributed by atoms with Crippen LogP contribution in [0, 0.1) is 10.5 Å². The lowest BCUT2D eigenvalue weighted by Crippen LogP contribution is -2.18. The standard InChI is InChI=1S/C16H15IN4O/c1-10-3-8-13(20(10)2)16(22)21-14(9-15(18)19-21)11-4-6-12(17)7-5-11/h3-9H,1-2H3,(H2,18,19). The van der Waals surface area contributed by atoms with E-state index < -0.39 is 0 Å². The SMILES string of the molecule is Cc1ccc(C(=O)n2nc(N)cc2-c2ccc(I)cc2)n1C. The van der Waals surface area contributed by atoms with Gasteiger partial charge in [0.05, 0.1) is 5.69 Å². The highest BCUT2D eigenvalue weighted by molar-refractivity contribution is 14.1. The lowest BCUT2D eigenvalue weighted by molar-refractivity contribution is 0.0939. The van der Waals surface area contributed by atoms with E-state index in [1.165, 1.54) is 4.68 Å². The highest BCUT2D eigenvalue weighted by Crippen LogP contribution is 2.24. The molecule has 0 unspecified atom stereocenters. The van der Waals surface area contributed by atoms with E-state index in [0.717, 1.165) is 14.8 Å². The van der Waals surface area contributed by atoms with Crippen LogP contribution in [0.4, 0.5) is 5.82 Å². The molecule has 0 aliphatic carbocycles. The molecule has 2 heterocycles. The fourth-order valence-electron chi connectivity index (χ4n) is 2.32. The number of carbonyl (C=O) groups is 1. The summed E-state index contributed by atoms with van der Waals surface area (Å²) >= 11 is 2.24. The molecular formula is C16H15IN4O. The number of hydrogen-bond donors (Lipinski definition) is 1. The molecule has 0 bridgehead atoms. The van der Waals surface area contributed by atoms with Crippen LogP contribution in [0.15, 0.2) is 42.5 Å². The molecule has 0 fully saturated rings. The van der Waals surface area contributed by atoms with Crippen molar-refractivity contribution in [3.8, 4) is 11.3 Å². The Kier molecular flexibility index (Phi) is 3.78. The van der Waals surface area contributed by atoms with E-state index in [2.05, 4.69) is 27.7 Å². The zero-order chi connectivity index (χ0) is 15.9. The molecule has 1 aromatic carbocycles. The molecular weight excluding hydrogens is 391 g/mol. The number of rotatable bonds is 2. The van der Waals surface area contributed by atoms with E-state index in [1.54, 1.807) is 12.1 Å². The number of hydrogen-bond acceptors (Lipinski definition) is 3. The van der Waals surface area contributed by atoms with Crippen molar-refractivity contribution >= 4 is 34.3 Å². The molecule has 2 N–H and O–H groups in total. The van der Waals surface area contributed by atoms with Crippen molar-refractivity contribution in [3.05, 3.63) is 57.4 Å². The van der Waals surface area contributed by atoms with Gasteiger partial charge in [0.15, 0.2) is 0 Å². The summed E-state index contributed by atoms with van der Waals surface area (Å²) in [6.45, 7) is 1.95. The molecule has 22 heavy (non-hydrogen) atoms. The van der Waals surface area contributed by atoms with Crippen LogP contribution in [0.1, 0.15) is 16.2 Å². The van der Waals surface area contributed by atoms with Crippen LogP contribution in [0.25, 0.3) is 11.3 Å². The molecule has 2 aromatic heterocycles. The molecule has 3 aromatic rings. The van der Waals surface area contributed by atoms with Crippen molar-refractivity contribution in [3.63, 3.8) is 0 Å². The van der Waals surface area contributed by atoms with Crippen molar-refractivity contribution in [2.75, 3.05) is 5.73 Å². The lowest BCUT2D eigenvalue weighted by atomic mass is 10.1. The van der Waals surface area contributed by atoms with E-state index in [9.17, 15) is 4.79 Å². The number of aromatic nitrogens is 3. The minimum Gasteiger partial charge on any atom is -0.382 e. The number of nitrogens with zero attached hydrogens (tertiary/aromatic N) is 3. The van der Waals surface area contributed by atoms with Crippen LogP contribution in [0.3, 0.4) is 0 Å². The molecule has 112 valence electrons. The summed E-state index contributed by atoms with van der Waals surface area (Å²) in [5, 5.41) is 4.17. The number of nitrogen functional groups attached to an aromatic ring is 1. The minimum absolute atomic E-state index is 0.194. The first-order valence-electron chi connectivity index (χ1n) is 6.76. The molecule has 0 saturated heterocycles. The number of carbonyl (C=O) groups excluding carboxylic acids is 1. The molecule has 0 atom stereocenters. The predicted molar refractivity (Wildman–Crippen MR) is 94.7 cm³/mol. The molecule has 0 saturated carbocycles. The fraction of sp³-hybridized carbons (Fsp3) is 0.125. The second-order valence-electron chi connectivity index (χ2n) is 5.10. The van der Waals surface area contributed by atoms with E-state index >= 15 is 0 Å². The van der Waals surface area contributed by atoms with E-state index in [-0.39, 0.29) is 5.91 Å². The van der Waals surface area contributed by atoms with Gasteiger partial charge >= 0.3 is 0 Å². The highest BCUT2D eigenvalue weighted by atomic mass is 127. The van der Waals surface area contributed by atoms with Crippen LogP contribution in [0.2, 0.25) is 0 Å². The Morgan fingerprint density at radius 3 is 2.45 bits per heavy atom. The Morgan fingerprint density at radius 1 is 1.18 bits per heavy atom. The third-order valence-corrected chi connectivity index (χ3v) is 4.37. The second-order valence-corrected chi connectivity index (χ2v) is 6.34. The smallest absolute Gasteiger partial charge is 0.295 e. The van der Waals surface area contributed by atoms with Gasteiger partial charge in [-0.25, -0.2) is 0 Å². The summed E-state index contributed by atoms with van der Waals surface area (Å²) in [6, 6.07) is 13.3. The number of benzene rings is 1. The van der Waals surface area contributed by atoms with E-state index in [4.69, 9.17) is 5.73 Å². The summed E-state index contributed by atoms with van der Waals surface area (Å²) in [4.78, 5) is 12.8. The van der Waals surface area contributed by atoms with Gasteiger partial charge in [0.25, 0.3) is 5.91 Å². The van der Waals surface area contributed by atoms with Crippen LogP contribution in [-0.2, 0) is 7.05 Å². The van der Waals surface area contributed by atoms with Gasteiger partial charge in [-0.2, -0.15) is 4.68 Å². The van der Waals surface area contributed by atoms with Crippen LogP contribution in [-0.4, -0.2) is 20.3 Å². The second kappa shape index (κ2) is 5.60. The number of halogens is 1. The van der Waals surface area contributed by atoms with E-state index in [0.29, 0.717) is 17.2 Å². The van der Waals surface area contributed by atoms with Gasteiger partial charge in [0, 0.05) is 27.9 Å². The highest BCUT2D eigenvalue weighted by Gasteiger charge is 2.19. The molecule has 0 aliphatic rings. The molecule has 6 heteroatoms. The normalized spacial score (nSPS) is 10.9. The van der Waals surface area contributed by atoms with Gasteiger partial charge in [0.1, 0.15) is 11.5 Å². The van der Waals surface area contributed by atoms with Gasteiger partial charge in [0.2, 0.25) is 0 Å². The molecule has 5 nitrogen and oxygen atoms in total. The Morgan fingerprint density at radius 2 is 1.86 bits per heavy atom. The van der Waals surface area contributed by atoms with Crippen molar-refractivity contribution in [2.45, 2.75) is 6.92 Å². The van der Waals surface area contributed by atoms with Gasteiger partial charge < -0.3 is 10.3 Å². The van der Waals surface area contributed by atoms with Gasteiger partial charge in [-0.05, 0) is 53.8 Å². The van der Waals surface area contributed by atoms with Crippen molar-refractivity contribution < 1.29 is 4.79 Å². The molecule has 0 amide bonds. The number of nitrogens with two attached hydrogens (primary N) is 1. The Hall–Kier alpha value is -2.09.